The highest BCUT2D eigenvalue weighted by Crippen LogP contribution is 2.37. The summed E-state index contributed by atoms with van der Waals surface area (Å²) in [5.74, 6) is 1.38. The van der Waals surface area contributed by atoms with Crippen molar-refractivity contribution in [3.8, 4) is 0 Å². The molecule has 0 bridgehead atoms. The summed E-state index contributed by atoms with van der Waals surface area (Å²) >= 11 is 0. The Kier molecular flexibility index (Phi) is 6.67. The molecule has 1 fully saturated rings. The van der Waals surface area contributed by atoms with Gasteiger partial charge in [0.1, 0.15) is 11.5 Å². The number of likely N-dealkylation sites (N-methyl/N-ethyl adjacent to an activating group) is 1. The van der Waals surface area contributed by atoms with Crippen molar-refractivity contribution in [1.82, 2.24) is 14.9 Å². The SMILES string of the molecule is CC1=C(CN(C)C)CC2=NC(c3ccc(F)c(NS(C)(=O)=O)c3)=C(c3ccnc(NCC4CC4)n3)[N+]2=C1. The van der Waals surface area contributed by atoms with Crippen molar-refractivity contribution < 1.29 is 17.4 Å². The first-order valence-electron chi connectivity index (χ1n) is 12.2. The molecule has 0 radical (unpaired) electrons. The maximum absolute atomic E-state index is 14.5. The fourth-order valence-electron chi connectivity index (χ4n) is 4.45. The molecule has 5 rings (SSSR count). The highest BCUT2D eigenvalue weighted by atomic mass is 32.2. The van der Waals surface area contributed by atoms with Crippen LogP contribution in [0.3, 0.4) is 0 Å². The number of nitrogens with zero attached hydrogens (tertiary/aromatic N) is 5. The van der Waals surface area contributed by atoms with E-state index in [2.05, 4.69) is 33.1 Å². The largest absolute Gasteiger partial charge is 0.354 e. The van der Waals surface area contributed by atoms with Gasteiger partial charge in [0.15, 0.2) is 0 Å². The highest BCUT2D eigenvalue weighted by Gasteiger charge is 2.39. The third kappa shape index (κ3) is 5.78. The molecule has 0 saturated heterocycles. The quantitative estimate of drug-likeness (QED) is 0.488. The smallest absolute Gasteiger partial charge is 0.308 e. The first-order valence-corrected chi connectivity index (χ1v) is 14.1. The van der Waals surface area contributed by atoms with Gasteiger partial charge in [0.05, 0.1) is 24.6 Å². The monoisotopic (exact) mass is 524 g/mol. The maximum Gasteiger partial charge on any atom is 0.308 e. The number of halogens is 1. The number of fused-ring (bicyclic) bond motifs is 1. The molecule has 0 spiro atoms. The van der Waals surface area contributed by atoms with Crippen molar-refractivity contribution in [1.29, 1.82) is 0 Å². The summed E-state index contributed by atoms with van der Waals surface area (Å²) in [5, 5.41) is 3.32. The molecule has 0 atom stereocenters. The average molecular weight is 525 g/mol. The van der Waals surface area contributed by atoms with Gasteiger partial charge in [-0.15, -0.1) is 0 Å². The summed E-state index contributed by atoms with van der Waals surface area (Å²) in [5.41, 5.74) is 4.86. The zero-order chi connectivity index (χ0) is 26.3. The Morgan fingerprint density at radius 2 is 2.00 bits per heavy atom. The number of allylic oxidation sites excluding steroid dienone is 1. The number of aliphatic imine (C=N–C) groups is 1. The third-order valence-electron chi connectivity index (χ3n) is 6.42. The van der Waals surface area contributed by atoms with E-state index in [9.17, 15) is 12.8 Å². The van der Waals surface area contributed by atoms with E-state index in [0.29, 0.717) is 35.2 Å². The Morgan fingerprint density at radius 1 is 1.22 bits per heavy atom. The number of anilines is 2. The van der Waals surface area contributed by atoms with Gasteiger partial charge in [0, 0.05) is 24.8 Å². The number of nitrogens with one attached hydrogen (secondary N) is 2. The van der Waals surface area contributed by atoms with Crippen molar-refractivity contribution in [2.24, 2.45) is 10.9 Å². The van der Waals surface area contributed by atoms with Crippen molar-refractivity contribution in [3.05, 3.63) is 58.7 Å². The highest BCUT2D eigenvalue weighted by molar-refractivity contribution is 7.92. The Hall–Kier alpha value is -3.44. The summed E-state index contributed by atoms with van der Waals surface area (Å²) < 4.78 is 42.4. The Morgan fingerprint density at radius 3 is 2.70 bits per heavy atom. The van der Waals surface area contributed by atoms with Crippen molar-refractivity contribution in [3.63, 3.8) is 0 Å². The van der Waals surface area contributed by atoms with Crippen LogP contribution in [0.4, 0.5) is 16.0 Å². The summed E-state index contributed by atoms with van der Waals surface area (Å²) in [6.07, 6.45) is 7.86. The fourth-order valence-corrected chi connectivity index (χ4v) is 5.01. The molecule has 1 aromatic carbocycles. The number of hydrogen-bond acceptors (Lipinski definition) is 7. The van der Waals surface area contributed by atoms with Crippen LogP contribution in [0.5, 0.6) is 0 Å². The lowest BCUT2D eigenvalue weighted by molar-refractivity contribution is -0.289. The van der Waals surface area contributed by atoms with E-state index < -0.39 is 15.8 Å². The minimum Gasteiger partial charge on any atom is -0.354 e. The fraction of sp³-hybridized carbons (Fsp3) is 0.385. The van der Waals surface area contributed by atoms with Crippen LogP contribution >= 0.6 is 0 Å². The maximum atomic E-state index is 14.5. The number of amidine groups is 1. The molecule has 3 heterocycles. The normalized spacial score (nSPS) is 17.7. The Balaban J connectivity index is 1.62. The van der Waals surface area contributed by atoms with Crippen LogP contribution in [0.1, 0.15) is 37.4 Å². The number of sulfonamides is 1. The van der Waals surface area contributed by atoms with Crippen molar-refractivity contribution in [2.45, 2.75) is 26.2 Å². The van der Waals surface area contributed by atoms with E-state index in [1.54, 1.807) is 12.3 Å². The lowest BCUT2D eigenvalue weighted by atomic mass is 10.0. The summed E-state index contributed by atoms with van der Waals surface area (Å²) in [6, 6.07) is 6.16. The van der Waals surface area contributed by atoms with E-state index in [1.807, 2.05) is 24.7 Å². The predicted octanol–water partition coefficient (Wildman–Crippen LogP) is 3.41. The second-order valence-corrected chi connectivity index (χ2v) is 11.8. The van der Waals surface area contributed by atoms with Gasteiger partial charge < -0.3 is 10.2 Å². The summed E-state index contributed by atoms with van der Waals surface area (Å²) in [6.45, 7) is 3.72. The molecule has 194 valence electrons. The third-order valence-corrected chi connectivity index (χ3v) is 7.01. The van der Waals surface area contributed by atoms with Gasteiger partial charge in [-0.2, -0.15) is 4.58 Å². The topological polar surface area (TPSA) is 103 Å². The molecule has 9 nitrogen and oxygen atoms in total. The number of rotatable bonds is 9. The molecule has 1 aromatic heterocycles. The van der Waals surface area contributed by atoms with Gasteiger partial charge in [0.2, 0.25) is 27.4 Å². The first kappa shape index (κ1) is 25.2. The number of hydrogen-bond donors (Lipinski definition) is 2. The van der Waals surface area contributed by atoms with Gasteiger partial charge in [0.25, 0.3) is 0 Å². The molecule has 37 heavy (non-hydrogen) atoms. The first-order chi connectivity index (χ1) is 17.6. The summed E-state index contributed by atoms with van der Waals surface area (Å²) in [7, 11) is 0.398. The zero-order valence-corrected chi connectivity index (χ0v) is 22.2. The minimum atomic E-state index is -3.67. The molecule has 3 aliphatic rings. The summed E-state index contributed by atoms with van der Waals surface area (Å²) in [4.78, 5) is 16.3. The molecular weight excluding hydrogens is 493 g/mol. The van der Waals surface area contributed by atoms with Crippen LogP contribution in [0.15, 0.2) is 46.6 Å². The average Bonchev–Trinajstić information content (AvgIpc) is 3.58. The molecule has 11 heteroatoms. The second kappa shape index (κ2) is 9.79. The Labute approximate surface area is 216 Å². The minimum absolute atomic E-state index is 0.127. The molecule has 2 N–H and O–H groups in total. The standard InChI is InChI=1S/C26H31FN7O2S/c1-16-14-34-23(12-19(16)15-33(2)3)31-24(18-7-8-20(27)22(11-18)32-37(4,35)36)25(34)21-9-10-28-26(30-21)29-13-17-5-6-17/h7-11,14,17,32H,5-6,12-13,15H2,1-4H3,(H,28,29,30)/q+1. The van der Waals surface area contributed by atoms with Crippen LogP contribution in [0, 0.1) is 11.7 Å². The second-order valence-electron chi connectivity index (χ2n) is 10.1. The van der Waals surface area contributed by atoms with Gasteiger partial charge in [-0.3, -0.25) is 4.72 Å². The predicted molar refractivity (Wildman–Crippen MR) is 145 cm³/mol. The zero-order valence-electron chi connectivity index (χ0n) is 21.4. The molecule has 1 saturated carbocycles. The van der Waals surface area contributed by atoms with Gasteiger partial charge in [-0.25, -0.2) is 22.8 Å². The van der Waals surface area contributed by atoms with Gasteiger partial charge in [-0.05, 0) is 80.2 Å². The van der Waals surface area contributed by atoms with Crippen molar-refractivity contribution in [2.75, 3.05) is 43.5 Å². The van der Waals surface area contributed by atoms with Crippen LogP contribution < -0.4 is 10.0 Å². The van der Waals surface area contributed by atoms with E-state index in [-0.39, 0.29) is 5.69 Å². The van der Waals surface area contributed by atoms with E-state index in [4.69, 9.17) is 9.98 Å². The van der Waals surface area contributed by atoms with Crippen LogP contribution in [-0.4, -0.2) is 73.4 Å². The molecular formula is C26H31FN7O2S+. The molecule has 2 aliphatic heterocycles. The van der Waals surface area contributed by atoms with Crippen LogP contribution in [0.25, 0.3) is 11.4 Å². The van der Waals surface area contributed by atoms with Crippen molar-refractivity contribution >= 4 is 45.1 Å². The van der Waals surface area contributed by atoms with E-state index >= 15 is 0 Å². The van der Waals surface area contributed by atoms with Gasteiger partial charge in [-0.1, -0.05) is 0 Å². The molecule has 0 amide bonds. The van der Waals surface area contributed by atoms with Gasteiger partial charge >= 0.3 is 5.84 Å². The lowest BCUT2D eigenvalue weighted by Gasteiger charge is -2.18. The number of benzene rings is 1. The van der Waals surface area contributed by atoms with Crippen LogP contribution in [0.2, 0.25) is 0 Å². The lowest BCUT2D eigenvalue weighted by Crippen LogP contribution is -2.27. The van der Waals surface area contributed by atoms with Crippen LogP contribution in [-0.2, 0) is 10.0 Å². The molecule has 2 aromatic rings. The number of aromatic nitrogens is 2. The molecule has 0 unspecified atom stereocenters. The Bertz CT molecular complexity index is 1490. The van der Waals surface area contributed by atoms with E-state index in [0.717, 1.165) is 36.5 Å². The van der Waals surface area contributed by atoms with E-state index in [1.165, 1.54) is 30.5 Å². The molecule has 1 aliphatic carbocycles.